The van der Waals surface area contributed by atoms with Crippen molar-refractivity contribution in [2.75, 3.05) is 0 Å². The van der Waals surface area contributed by atoms with Crippen LogP contribution in [-0.4, -0.2) is 6.36 Å². The SMILES string of the molecule is CC1Cc2ccc(-c3ccc(-c4cc(F)c(C(F)(F)Oc5cc(F)c(OC(F)(F)F)c(F)c5)c(F)c4)c(F)c3)cc2C1. The minimum absolute atomic E-state index is 0.0826. The minimum Gasteiger partial charge on any atom is -0.429 e. The highest BCUT2D eigenvalue weighted by Gasteiger charge is 2.42. The molecule has 1 aliphatic carbocycles. The summed E-state index contributed by atoms with van der Waals surface area (Å²) in [5.41, 5.74) is 0.855. The highest BCUT2D eigenvalue weighted by atomic mass is 19.4. The second kappa shape index (κ2) is 10.6. The predicted molar refractivity (Wildman–Crippen MR) is 131 cm³/mol. The van der Waals surface area contributed by atoms with E-state index in [9.17, 15) is 39.5 Å². The van der Waals surface area contributed by atoms with Gasteiger partial charge in [0.25, 0.3) is 0 Å². The zero-order valence-corrected chi connectivity index (χ0v) is 21.4. The van der Waals surface area contributed by atoms with Crippen molar-refractivity contribution in [2.45, 2.75) is 32.2 Å². The van der Waals surface area contributed by atoms with Crippen LogP contribution in [0.5, 0.6) is 11.5 Å². The molecule has 0 saturated carbocycles. The topological polar surface area (TPSA) is 18.5 Å². The maximum Gasteiger partial charge on any atom is 0.573 e. The van der Waals surface area contributed by atoms with E-state index in [0.717, 1.165) is 30.0 Å². The summed E-state index contributed by atoms with van der Waals surface area (Å²) in [6, 6.07) is 10.3. The fourth-order valence-electron chi connectivity index (χ4n) is 4.96. The molecule has 0 bridgehead atoms. The first-order valence-electron chi connectivity index (χ1n) is 12.3. The number of fused-ring (bicyclic) bond motifs is 1. The highest BCUT2D eigenvalue weighted by Crippen LogP contribution is 2.40. The fourth-order valence-corrected chi connectivity index (χ4v) is 4.96. The Bertz CT molecular complexity index is 1630. The molecule has 0 fully saturated rings. The van der Waals surface area contributed by atoms with Crippen LogP contribution in [0.2, 0.25) is 0 Å². The molecular weight excluding hydrogens is 582 g/mol. The van der Waals surface area contributed by atoms with Gasteiger partial charge in [0.05, 0.1) is 0 Å². The Morgan fingerprint density at radius 1 is 0.595 bits per heavy atom. The summed E-state index contributed by atoms with van der Waals surface area (Å²) in [4.78, 5) is 0. The molecule has 2 nitrogen and oxygen atoms in total. The van der Waals surface area contributed by atoms with E-state index in [0.29, 0.717) is 23.6 Å². The van der Waals surface area contributed by atoms with Gasteiger partial charge in [-0.2, -0.15) is 8.78 Å². The van der Waals surface area contributed by atoms with Crippen molar-refractivity contribution in [3.63, 3.8) is 0 Å². The predicted octanol–water partition coefficient (Wildman–Crippen LogP) is 9.48. The van der Waals surface area contributed by atoms with Crippen LogP contribution in [0.1, 0.15) is 23.6 Å². The average molecular weight is 600 g/mol. The molecule has 1 unspecified atom stereocenters. The van der Waals surface area contributed by atoms with E-state index in [1.807, 2.05) is 18.2 Å². The lowest BCUT2D eigenvalue weighted by molar-refractivity contribution is -0.276. The van der Waals surface area contributed by atoms with Gasteiger partial charge in [-0.1, -0.05) is 37.3 Å². The lowest BCUT2D eigenvalue weighted by atomic mass is 9.96. The summed E-state index contributed by atoms with van der Waals surface area (Å²) in [6.07, 6.45) is -8.57. The Morgan fingerprint density at radius 2 is 1.14 bits per heavy atom. The third kappa shape index (κ3) is 5.88. The number of halogens is 10. The Balaban J connectivity index is 1.41. The van der Waals surface area contributed by atoms with E-state index >= 15 is 4.39 Å². The van der Waals surface area contributed by atoms with Crippen molar-refractivity contribution in [2.24, 2.45) is 5.92 Å². The van der Waals surface area contributed by atoms with Crippen LogP contribution in [-0.2, 0) is 19.0 Å². The molecule has 4 aromatic rings. The van der Waals surface area contributed by atoms with E-state index in [2.05, 4.69) is 16.4 Å². The lowest BCUT2D eigenvalue weighted by Crippen LogP contribution is -2.25. The van der Waals surface area contributed by atoms with Crippen LogP contribution in [0, 0.1) is 35.0 Å². The van der Waals surface area contributed by atoms with Gasteiger partial charge in [0.2, 0.25) is 5.75 Å². The van der Waals surface area contributed by atoms with Crippen molar-refractivity contribution in [1.82, 2.24) is 0 Å². The molecule has 0 N–H and O–H groups in total. The monoisotopic (exact) mass is 600 g/mol. The number of hydrogen-bond acceptors (Lipinski definition) is 2. The largest absolute Gasteiger partial charge is 0.573 e. The van der Waals surface area contributed by atoms with Crippen molar-refractivity contribution >= 4 is 0 Å². The summed E-state index contributed by atoms with van der Waals surface area (Å²) in [5.74, 6) is -11.6. The van der Waals surface area contributed by atoms with Gasteiger partial charge in [-0.15, -0.1) is 13.2 Å². The van der Waals surface area contributed by atoms with E-state index in [1.54, 1.807) is 0 Å². The first-order chi connectivity index (χ1) is 19.6. The van der Waals surface area contributed by atoms with Gasteiger partial charge in [0.1, 0.15) is 28.8 Å². The second-order valence-corrected chi connectivity index (χ2v) is 9.89. The number of benzene rings is 4. The molecule has 0 heterocycles. The zero-order valence-electron chi connectivity index (χ0n) is 21.4. The molecule has 0 aromatic heterocycles. The second-order valence-electron chi connectivity index (χ2n) is 9.89. The van der Waals surface area contributed by atoms with Gasteiger partial charge >= 0.3 is 12.5 Å². The van der Waals surface area contributed by atoms with E-state index < -0.39 is 64.2 Å². The molecule has 0 spiro atoms. The molecule has 1 aliphatic rings. The summed E-state index contributed by atoms with van der Waals surface area (Å²) in [7, 11) is 0. The number of hydrogen-bond donors (Lipinski definition) is 0. The first kappa shape index (κ1) is 29.3. The molecule has 0 aliphatic heterocycles. The van der Waals surface area contributed by atoms with Gasteiger partial charge in [0, 0.05) is 17.7 Å². The number of alkyl halides is 5. The van der Waals surface area contributed by atoms with Crippen molar-refractivity contribution in [1.29, 1.82) is 0 Å². The normalized spacial score (nSPS) is 15.1. The maximum atomic E-state index is 15.1. The van der Waals surface area contributed by atoms with Gasteiger partial charge < -0.3 is 9.47 Å². The van der Waals surface area contributed by atoms with Crippen LogP contribution < -0.4 is 9.47 Å². The van der Waals surface area contributed by atoms with Crippen molar-refractivity contribution in [3.05, 3.63) is 106 Å². The van der Waals surface area contributed by atoms with Crippen LogP contribution in [0.3, 0.4) is 0 Å². The van der Waals surface area contributed by atoms with Gasteiger partial charge in [-0.25, -0.2) is 22.0 Å². The Hall–Kier alpha value is -4.22. The molecule has 42 heavy (non-hydrogen) atoms. The summed E-state index contributed by atoms with van der Waals surface area (Å²) >= 11 is 0. The molecular formula is C30H18F10O2. The molecule has 5 rings (SSSR count). The molecule has 1 atom stereocenters. The molecule has 0 saturated heterocycles. The smallest absolute Gasteiger partial charge is 0.429 e. The van der Waals surface area contributed by atoms with Crippen molar-refractivity contribution in [3.8, 4) is 33.8 Å². The standard InChI is InChI=1S/C30H18F10O2/c1-14-6-15-2-3-16(8-18(15)7-14)17-4-5-21(22(31)9-17)19-10-23(32)27(24(33)11-19)29(36,37)41-20-12-25(34)28(26(35)13-20)42-30(38,39)40/h2-5,8-14H,6-7H2,1H3. The highest BCUT2D eigenvalue weighted by molar-refractivity contribution is 5.72. The van der Waals surface area contributed by atoms with Crippen LogP contribution in [0.4, 0.5) is 43.9 Å². The van der Waals surface area contributed by atoms with Gasteiger partial charge in [-0.3, -0.25) is 0 Å². The average Bonchev–Trinajstić information content (AvgIpc) is 3.24. The molecule has 4 aromatic carbocycles. The fraction of sp³-hybridized carbons (Fsp3) is 0.200. The Labute approximate surface area is 232 Å². The first-order valence-corrected chi connectivity index (χ1v) is 12.3. The lowest BCUT2D eigenvalue weighted by Gasteiger charge is -2.21. The summed E-state index contributed by atoms with van der Waals surface area (Å²) < 4.78 is 146. The molecule has 220 valence electrons. The van der Waals surface area contributed by atoms with E-state index in [1.165, 1.54) is 17.7 Å². The number of rotatable bonds is 6. The molecule has 12 heteroatoms. The maximum absolute atomic E-state index is 15.1. The van der Waals surface area contributed by atoms with Crippen molar-refractivity contribution < 1.29 is 53.4 Å². The third-order valence-corrected chi connectivity index (χ3v) is 6.73. The van der Waals surface area contributed by atoms with E-state index in [4.69, 9.17) is 0 Å². The zero-order chi connectivity index (χ0) is 30.6. The molecule has 0 radical (unpaired) electrons. The Morgan fingerprint density at radius 3 is 1.74 bits per heavy atom. The van der Waals surface area contributed by atoms with Gasteiger partial charge in [-0.05, 0) is 64.8 Å². The number of ether oxygens (including phenoxy) is 2. The van der Waals surface area contributed by atoms with E-state index in [-0.39, 0.29) is 17.7 Å². The summed E-state index contributed by atoms with van der Waals surface area (Å²) in [5, 5.41) is 0. The third-order valence-electron chi connectivity index (χ3n) is 6.73. The summed E-state index contributed by atoms with van der Waals surface area (Å²) in [6.45, 7) is 2.12. The van der Waals surface area contributed by atoms with Gasteiger partial charge in [0.15, 0.2) is 11.6 Å². The van der Waals surface area contributed by atoms with Crippen LogP contribution in [0.25, 0.3) is 22.3 Å². The van der Waals surface area contributed by atoms with Crippen LogP contribution >= 0.6 is 0 Å². The molecule has 0 amide bonds. The Kier molecular flexibility index (Phi) is 7.36. The minimum atomic E-state index is -5.50. The quantitative estimate of drug-likeness (QED) is 0.205. The van der Waals surface area contributed by atoms with Crippen LogP contribution in [0.15, 0.2) is 60.7 Å².